The van der Waals surface area contributed by atoms with Gasteiger partial charge in [-0.2, -0.15) is 0 Å². The Bertz CT molecular complexity index is 780. The van der Waals surface area contributed by atoms with Crippen molar-refractivity contribution in [2.75, 3.05) is 0 Å². The standard InChI is InChI=1S/C16H10.C7H16.H2/c1-2-8-13-12(7-1)14-9-3-5-11-6-4-10-15(13)16(11)14;1-6(2)7(3,4)5;/h1-10H;6H,1-5H3;1H. The fourth-order valence-corrected chi connectivity index (χ4v) is 2.74. The Morgan fingerprint density at radius 2 is 1.04 bits per heavy atom. The van der Waals surface area contributed by atoms with Crippen LogP contribution < -0.4 is 0 Å². The van der Waals surface area contributed by atoms with Crippen LogP contribution in [-0.2, 0) is 0 Å². The van der Waals surface area contributed by atoms with E-state index in [1.54, 1.807) is 0 Å². The van der Waals surface area contributed by atoms with E-state index in [1.807, 2.05) is 0 Å². The van der Waals surface area contributed by atoms with Gasteiger partial charge in [-0.25, -0.2) is 0 Å². The van der Waals surface area contributed by atoms with Gasteiger partial charge in [-0.05, 0) is 44.4 Å². The van der Waals surface area contributed by atoms with Crippen molar-refractivity contribution in [2.24, 2.45) is 11.3 Å². The second-order valence-corrected chi connectivity index (χ2v) is 7.78. The van der Waals surface area contributed by atoms with Crippen molar-refractivity contribution in [1.29, 1.82) is 0 Å². The molecule has 0 saturated carbocycles. The van der Waals surface area contributed by atoms with Gasteiger partial charge in [0.1, 0.15) is 0 Å². The minimum Gasteiger partial charge on any atom is -0.0623 e. The molecule has 0 aliphatic heterocycles. The van der Waals surface area contributed by atoms with Gasteiger partial charge in [-0.1, -0.05) is 95.3 Å². The monoisotopic (exact) mass is 304 g/mol. The smallest absolute Gasteiger partial charge is 0 e. The second kappa shape index (κ2) is 5.85. The minimum absolute atomic E-state index is 0. The van der Waals surface area contributed by atoms with Crippen LogP contribution in [0.2, 0.25) is 0 Å². The number of benzene rings is 3. The van der Waals surface area contributed by atoms with Crippen molar-refractivity contribution in [3.8, 4) is 22.3 Å². The molecule has 1 aliphatic rings. The van der Waals surface area contributed by atoms with E-state index in [2.05, 4.69) is 95.3 Å². The summed E-state index contributed by atoms with van der Waals surface area (Å²) >= 11 is 0. The van der Waals surface area contributed by atoms with Gasteiger partial charge < -0.3 is 0 Å². The minimum atomic E-state index is 0. The molecule has 0 heterocycles. The maximum absolute atomic E-state index is 2.26. The normalized spacial score (nSPS) is 12.1. The zero-order valence-corrected chi connectivity index (χ0v) is 14.9. The first-order valence-corrected chi connectivity index (χ1v) is 8.51. The highest BCUT2D eigenvalue weighted by Crippen LogP contribution is 2.46. The molecule has 0 atom stereocenters. The van der Waals surface area contributed by atoms with E-state index in [-0.39, 0.29) is 1.43 Å². The summed E-state index contributed by atoms with van der Waals surface area (Å²) < 4.78 is 0. The average molecular weight is 304 g/mol. The zero-order valence-electron chi connectivity index (χ0n) is 14.9. The lowest BCUT2D eigenvalue weighted by molar-refractivity contribution is 0.283. The Kier molecular flexibility index (Phi) is 4.02. The topological polar surface area (TPSA) is 0 Å². The van der Waals surface area contributed by atoms with Crippen LogP contribution in [0.3, 0.4) is 0 Å². The van der Waals surface area contributed by atoms with Gasteiger partial charge in [0.05, 0.1) is 0 Å². The fourth-order valence-electron chi connectivity index (χ4n) is 2.74. The third-order valence-corrected chi connectivity index (χ3v) is 5.14. The molecule has 3 aromatic carbocycles. The van der Waals surface area contributed by atoms with E-state index in [1.165, 1.54) is 33.0 Å². The number of hydrogen-bond acceptors (Lipinski definition) is 0. The lowest BCUT2D eigenvalue weighted by Crippen LogP contribution is -2.12. The Morgan fingerprint density at radius 3 is 1.43 bits per heavy atom. The third kappa shape index (κ3) is 2.91. The number of hydrogen-bond donors (Lipinski definition) is 0. The fraction of sp³-hybridized carbons (Fsp3) is 0.304. The maximum atomic E-state index is 2.26. The molecule has 0 aromatic heterocycles. The predicted octanol–water partition coefficient (Wildman–Crippen LogP) is 7.42. The van der Waals surface area contributed by atoms with Crippen LogP contribution in [0.15, 0.2) is 60.7 Å². The summed E-state index contributed by atoms with van der Waals surface area (Å²) in [6, 6.07) is 21.8. The number of rotatable bonds is 0. The molecular weight excluding hydrogens is 276 g/mol. The number of fused-ring (bicyclic) bond motifs is 3. The molecule has 0 N–H and O–H groups in total. The summed E-state index contributed by atoms with van der Waals surface area (Å²) in [4.78, 5) is 0. The van der Waals surface area contributed by atoms with Crippen LogP contribution in [0.4, 0.5) is 0 Å². The molecule has 3 aromatic rings. The van der Waals surface area contributed by atoms with Gasteiger partial charge >= 0.3 is 0 Å². The van der Waals surface area contributed by atoms with E-state index < -0.39 is 0 Å². The van der Waals surface area contributed by atoms with Crippen molar-refractivity contribution in [3.05, 3.63) is 60.7 Å². The highest BCUT2D eigenvalue weighted by atomic mass is 14.2. The molecule has 0 saturated heterocycles. The first kappa shape index (κ1) is 15.8. The molecule has 0 amide bonds. The lowest BCUT2D eigenvalue weighted by Gasteiger charge is -2.22. The SMILES string of the molecule is CC(C)C(C)(C)C.[HH].c1ccc2c(c1)-c1cccc3cccc-2c13. The van der Waals surface area contributed by atoms with Crippen LogP contribution >= 0.6 is 0 Å². The molecule has 1 aliphatic carbocycles. The molecular formula is C23H28. The molecule has 0 spiro atoms. The van der Waals surface area contributed by atoms with Crippen molar-refractivity contribution in [3.63, 3.8) is 0 Å². The van der Waals surface area contributed by atoms with Gasteiger partial charge in [0.25, 0.3) is 0 Å². The summed E-state index contributed by atoms with van der Waals surface area (Å²) in [6.45, 7) is 11.3. The first-order chi connectivity index (χ1) is 10.9. The molecule has 0 nitrogen and oxygen atoms in total. The summed E-state index contributed by atoms with van der Waals surface area (Å²) in [7, 11) is 0. The second-order valence-electron chi connectivity index (χ2n) is 7.78. The van der Waals surface area contributed by atoms with Gasteiger partial charge in [-0.15, -0.1) is 0 Å². The van der Waals surface area contributed by atoms with Crippen molar-refractivity contribution in [2.45, 2.75) is 34.6 Å². The van der Waals surface area contributed by atoms with E-state index >= 15 is 0 Å². The molecule has 0 fully saturated rings. The van der Waals surface area contributed by atoms with Crippen molar-refractivity contribution < 1.29 is 1.43 Å². The Labute approximate surface area is 141 Å². The van der Waals surface area contributed by atoms with Crippen molar-refractivity contribution in [1.82, 2.24) is 0 Å². The molecule has 0 bridgehead atoms. The van der Waals surface area contributed by atoms with Gasteiger partial charge in [-0.3, -0.25) is 0 Å². The molecule has 23 heavy (non-hydrogen) atoms. The van der Waals surface area contributed by atoms with E-state index in [0.29, 0.717) is 5.41 Å². The third-order valence-electron chi connectivity index (χ3n) is 5.14. The first-order valence-electron chi connectivity index (χ1n) is 8.51. The molecule has 0 radical (unpaired) electrons. The average Bonchev–Trinajstić information content (AvgIpc) is 2.85. The van der Waals surface area contributed by atoms with Gasteiger partial charge in [0.2, 0.25) is 0 Å². The summed E-state index contributed by atoms with van der Waals surface area (Å²) in [5, 5.41) is 2.75. The predicted molar refractivity (Wildman–Crippen MR) is 105 cm³/mol. The Balaban J connectivity index is 0.000000227. The summed E-state index contributed by atoms with van der Waals surface area (Å²) in [5.41, 5.74) is 6.00. The highest BCUT2D eigenvalue weighted by Gasteiger charge is 2.19. The summed E-state index contributed by atoms with van der Waals surface area (Å²) in [6.07, 6.45) is 0. The summed E-state index contributed by atoms with van der Waals surface area (Å²) in [5.74, 6) is 0.799. The van der Waals surface area contributed by atoms with Gasteiger partial charge in [0, 0.05) is 1.43 Å². The molecule has 4 rings (SSSR count). The molecule has 0 heteroatoms. The van der Waals surface area contributed by atoms with E-state index in [9.17, 15) is 0 Å². The van der Waals surface area contributed by atoms with Crippen LogP contribution in [0.5, 0.6) is 0 Å². The lowest BCUT2D eigenvalue weighted by atomic mass is 9.84. The van der Waals surface area contributed by atoms with Crippen LogP contribution in [0, 0.1) is 11.3 Å². The Morgan fingerprint density at radius 1 is 0.652 bits per heavy atom. The quantitative estimate of drug-likeness (QED) is 0.317. The Hall–Kier alpha value is -2.08. The van der Waals surface area contributed by atoms with Gasteiger partial charge in [0.15, 0.2) is 0 Å². The van der Waals surface area contributed by atoms with Crippen LogP contribution in [0.25, 0.3) is 33.0 Å². The molecule has 0 unspecified atom stereocenters. The highest BCUT2D eigenvalue weighted by molar-refractivity contribution is 6.15. The van der Waals surface area contributed by atoms with Crippen LogP contribution in [0.1, 0.15) is 36.0 Å². The van der Waals surface area contributed by atoms with Crippen LogP contribution in [-0.4, -0.2) is 0 Å². The molecule has 120 valence electrons. The van der Waals surface area contributed by atoms with Crippen molar-refractivity contribution >= 4 is 10.8 Å². The maximum Gasteiger partial charge on any atom is 0 e. The largest absolute Gasteiger partial charge is 0.0623 e. The van der Waals surface area contributed by atoms with E-state index in [0.717, 1.165) is 5.92 Å². The zero-order chi connectivity index (χ0) is 16.6. The van der Waals surface area contributed by atoms with E-state index in [4.69, 9.17) is 0 Å².